The first kappa shape index (κ1) is 9.01. The van der Waals surface area contributed by atoms with Crippen molar-refractivity contribution < 1.29 is 4.74 Å². The van der Waals surface area contributed by atoms with Crippen molar-refractivity contribution in [2.24, 2.45) is 11.1 Å². The lowest BCUT2D eigenvalue weighted by atomic mass is 10.0. The van der Waals surface area contributed by atoms with E-state index < -0.39 is 0 Å². The second-order valence-electron chi connectivity index (χ2n) is 3.87. The lowest BCUT2D eigenvalue weighted by Crippen LogP contribution is -2.18. The van der Waals surface area contributed by atoms with E-state index in [0.717, 1.165) is 19.6 Å². The first-order valence-electron chi connectivity index (χ1n) is 4.50. The second kappa shape index (κ2) is 3.55. The van der Waals surface area contributed by atoms with Gasteiger partial charge in [-0.1, -0.05) is 0 Å². The van der Waals surface area contributed by atoms with Crippen LogP contribution in [0.25, 0.3) is 0 Å². The Morgan fingerprint density at radius 1 is 1.45 bits per heavy atom. The Morgan fingerprint density at radius 3 is 2.45 bits per heavy atom. The molecule has 1 rings (SSSR count). The smallest absolute Gasteiger partial charge is 0.0518 e. The molecular formula is C9H19NO. The van der Waals surface area contributed by atoms with Crippen LogP contribution in [0.3, 0.4) is 0 Å². The van der Waals surface area contributed by atoms with Gasteiger partial charge < -0.3 is 10.5 Å². The van der Waals surface area contributed by atoms with E-state index >= 15 is 0 Å². The monoisotopic (exact) mass is 157 g/mol. The van der Waals surface area contributed by atoms with Gasteiger partial charge in [-0.25, -0.2) is 0 Å². The van der Waals surface area contributed by atoms with Gasteiger partial charge in [0.15, 0.2) is 0 Å². The normalized spacial score (nSPS) is 20.7. The minimum Gasteiger partial charge on any atom is -0.379 e. The molecule has 2 heteroatoms. The number of hydrogen-bond donors (Lipinski definition) is 1. The van der Waals surface area contributed by atoms with Crippen LogP contribution in [-0.4, -0.2) is 19.3 Å². The molecule has 0 aromatic rings. The van der Waals surface area contributed by atoms with Crippen molar-refractivity contribution in [2.75, 3.05) is 13.2 Å². The zero-order valence-corrected chi connectivity index (χ0v) is 7.60. The van der Waals surface area contributed by atoms with E-state index in [2.05, 4.69) is 13.8 Å². The molecule has 0 heterocycles. The Bertz CT molecular complexity index is 119. The summed E-state index contributed by atoms with van der Waals surface area (Å²) in [6.45, 7) is 5.87. The molecule has 11 heavy (non-hydrogen) atoms. The molecule has 0 unspecified atom stereocenters. The number of hydrogen-bond acceptors (Lipinski definition) is 2. The van der Waals surface area contributed by atoms with Gasteiger partial charge in [-0.2, -0.15) is 0 Å². The van der Waals surface area contributed by atoms with Crippen molar-refractivity contribution in [3.63, 3.8) is 0 Å². The molecule has 0 aliphatic heterocycles. The van der Waals surface area contributed by atoms with Crippen molar-refractivity contribution in [2.45, 2.75) is 39.2 Å². The van der Waals surface area contributed by atoms with Gasteiger partial charge in [-0.15, -0.1) is 0 Å². The lowest BCUT2D eigenvalue weighted by Gasteiger charge is -2.13. The fourth-order valence-electron chi connectivity index (χ4n) is 1.24. The molecule has 1 aliphatic rings. The maximum atomic E-state index is 5.63. The van der Waals surface area contributed by atoms with E-state index in [1.54, 1.807) is 0 Å². The summed E-state index contributed by atoms with van der Waals surface area (Å²) < 4.78 is 5.46. The number of rotatable bonds is 5. The molecular weight excluding hydrogens is 138 g/mol. The van der Waals surface area contributed by atoms with E-state index in [0.29, 0.717) is 11.5 Å². The average Bonchev–Trinajstić information content (AvgIpc) is 2.69. The highest BCUT2D eigenvalue weighted by atomic mass is 16.5. The maximum Gasteiger partial charge on any atom is 0.0518 e. The summed E-state index contributed by atoms with van der Waals surface area (Å²) in [6, 6.07) is 0. The van der Waals surface area contributed by atoms with Crippen molar-refractivity contribution >= 4 is 0 Å². The summed E-state index contributed by atoms with van der Waals surface area (Å²) in [7, 11) is 0. The van der Waals surface area contributed by atoms with E-state index in [4.69, 9.17) is 10.5 Å². The number of ether oxygens (including phenoxy) is 1. The maximum absolute atomic E-state index is 5.63. The van der Waals surface area contributed by atoms with Gasteiger partial charge in [0.25, 0.3) is 0 Å². The minimum atomic E-state index is 0.364. The number of nitrogens with two attached hydrogens (primary N) is 1. The van der Waals surface area contributed by atoms with Gasteiger partial charge in [0.05, 0.1) is 6.10 Å². The van der Waals surface area contributed by atoms with Gasteiger partial charge in [0.2, 0.25) is 0 Å². The third-order valence-corrected chi connectivity index (χ3v) is 2.47. The van der Waals surface area contributed by atoms with Crippen molar-refractivity contribution in [1.29, 1.82) is 0 Å². The molecule has 0 aromatic heterocycles. The van der Waals surface area contributed by atoms with Gasteiger partial charge in [0.1, 0.15) is 0 Å². The van der Waals surface area contributed by atoms with Gasteiger partial charge in [-0.05, 0) is 45.1 Å². The molecule has 0 saturated heterocycles. The zero-order valence-electron chi connectivity index (χ0n) is 7.60. The minimum absolute atomic E-state index is 0.364. The van der Waals surface area contributed by atoms with Crippen LogP contribution in [0.1, 0.15) is 33.1 Å². The van der Waals surface area contributed by atoms with E-state index in [1.165, 1.54) is 12.8 Å². The average molecular weight is 157 g/mol. The fourth-order valence-corrected chi connectivity index (χ4v) is 1.24. The third kappa shape index (κ3) is 2.80. The molecule has 1 aliphatic carbocycles. The Balaban J connectivity index is 2.03. The van der Waals surface area contributed by atoms with Crippen molar-refractivity contribution in [3.8, 4) is 0 Å². The standard InChI is InChI=1S/C9H19NO/c1-8(2)11-6-5-9(7-10)3-4-9/h8H,3-7,10H2,1-2H3. The fraction of sp³-hybridized carbons (Fsp3) is 1.00. The van der Waals surface area contributed by atoms with Crippen LogP contribution in [-0.2, 0) is 4.74 Å². The molecule has 0 amide bonds. The van der Waals surface area contributed by atoms with Crippen LogP contribution in [0.4, 0.5) is 0 Å². The van der Waals surface area contributed by atoms with Gasteiger partial charge in [-0.3, -0.25) is 0 Å². The molecule has 66 valence electrons. The Kier molecular flexibility index (Phi) is 2.90. The van der Waals surface area contributed by atoms with Crippen LogP contribution in [0.15, 0.2) is 0 Å². The first-order chi connectivity index (χ1) is 5.18. The third-order valence-electron chi connectivity index (χ3n) is 2.47. The summed E-state index contributed by atoms with van der Waals surface area (Å²) >= 11 is 0. The Hall–Kier alpha value is -0.0800. The highest BCUT2D eigenvalue weighted by molar-refractivity contribution is 4.93. The second-order valence-corrected chi connectivity index (χ2v) is 3.87. The topological polar surface area (TPSA) is 35.2 Å². The molecule has 0 radical (unpaired) electrons. The molecule has 2 nitrogen and oxygen atoms in total. The SMILES string of the molecule is CC(C)OCCC1(CN)CC1. The molecule has 0 aromatic carbocycles. The Morgan fingerprint density at radius 2 is 2.09 bits per heavy atom. The largest absolute Gasteiger partial charge is 0.379 e. The lowest BCUT2D eigenvalue weighted by molar-refractivity contribution is 0.0666. The summed E-state index contributed by atoms with van der Waals surface area (Å²) in [5.41, 5.74) is 6.11. The highest BCUT2D eigenvalue weighted by Gasteiger charge is 2.40. The van der Waals surface area contributed by atoms with E-state index in [-0.39, 0.29) is 0 Å². The first-order valence-corrected chi connectivity index (χ1v) is 4.50. The van der Waals surface area contributed by atoms with Crippen LogP contribution in [0, 0.1) is 5.41 Å². The summed E-state index contributed by atoms with van der Waals surface area (Å²) in [6.07, 6.45) is 4.14. The van der Waals surface area contributed by atoms with E-state index in [1.807, 2.05) is 0 Å². The van der Waals surface area contributed by atoms with Crippen LogP contribution in [0.5, 0.6) is 0 Å². The summed E-state index contributed by atoms with van der Waals surface area (Å²) in [5.74, 6) is 0. The van der Waals surface area contributed by atoms with Crippen molar-refractivity contribution in [3.05, 3.63) is 0 Å². The summed E-state index contributed by atoms with van der Waals surface area (Å²) in [4.78, 5) is 0. The highest BCUT2D eigenvalue weighted by Crippen LogP contribution is 2.47. The van der Waals surface area contributed by atoms with Crippen LogP contribution < -0.4 is 5.73 Å². The molecule has 2 N–H and O–H groups in total. The predicted molar refractivity (Wildman–Crippen MR) is 46.4 cm³/mol. The Labute approximate surface area is 69.1 Å². The predicted octanol–water partition coefficient (Wildman–Crippen LogP) is 1.54. The quantitative estimate of drug-likeness (QED) is 0.657. The molecule has 0 atom stereocenters. The molecule has 1 fully saturated rings. The summed E-state index contributed by atoms with van der Waals surface area (Å²) in [5, 5.41) is 0. The van der Waals surface area contributed by atoms with Gasteiger partial charge >= 0.3 is 0 Å². The van der Waals surface area contributed by atoms with Gasteiger partial charge in [0, 0.05) is 6.61 Å². The van der Waals surface area contributed by atoms with Crippen LogP contribution >= 0.6 is 0 Å². The van der Waals surface area contributed by atoms with Crippen molar-refractivity contribution in [1.82, 2.24) is 0 Å². The van der Waals surface area contributed by atoms with Crippen LogP contribution in [0.2, 0.25) is 0 Å². The molecule has 0 spiro atoms. The van der Waals surface area contributed by atoms with E-state index in [9.17, 15) is 0 Å². The molecule has 1 saturated carbocycles. The zero-order chi connectivity index (χ0) is 8.32. The molecule has 0 bridgehead atoms.